The zero-order valence-corrected chi connectivity index (χ0v) is 14.4. The fourth-order valence-electron chi connectivity index (χ4n) is 3.54. The molecule has 0 radical (unpaired) electrons. The van der Waals surface area contributed by atoms with E-state index in [9.17, 15) is 9.59 Å². The Kier molecular flexibility index (Phi) is 4.99. The minimum Gasteiger partial charge on any atom is -0.376 e. The van der Waals surface area contributed by atoms with Gasteiger partial charge in [0.05, 0.1) is 16.7 Å². The molecular formula is C19H23N3O3. The molecule has 1 aliphatic heterocycles. The number of hydrogen-bond donors (Lipinski definition) is 1. The summed E-state index contributed by atoms with van der Waals surface area (Å²) >= 11 is 0. The van der Waals surface area contributed by atoms with E-state index in [1.165, 1.54) is 0 Å². The number of carbonyl (C=O) groups is 2. The van der Waals surface area contributed by atoms with Gasteiger partial charge in [0.25, 0.3) is 5.91 Å². The van der Waals surface area contributed by atoms with E-state index in [1.54, 1.807) is 18.2 Å². The molecule has 2 amide bonds. The maximum atomic E-state index is 13.1. The summed E-state index contributed by atoms with van der Waals surface area (Å²) in [5.41, 5.74) is 6.08. The number of primary amides is 1. The van der Waals surface area contributed by atoms with Gasteiger partial charge in [-0.25, -0.2) is 0 Å². The number of aromatic nitrogens is 1. The van der Waals surface area contributed by atoms with Crippen LogP contribution in [0.4, 0.5) is 0 Å². The molecule has 25 heavy (non-hydrogen) atoms. The highest BCUT2D eigenvalue weighted by atomic mass is 16.5. The topological polar surface area (TPSA) is 85.5 Å². The third-order valence-corrected chi connectivity index (χ3v) is 4.95. The summed E-state index contributed by atoms with van der Waals surface area (Å²) in [6.07, 6.45) is 4.12. The van der Waals surface area contributed by atoms with Crippen molar-refractivity contribution in [2.24, 2.45) is 5.73 Å². The first-order valence-electron chi connectivity index (χ1n) is 8.51. The molecule has 132 valence electrons. The number of nitrogens with zero attached hydrogens (tertiary/aromatic N) is 2. The zero-order chi connectivity index (χ0) is 17.9. The molecule has 1 saturated heterocycles. The second-order valence-corrected chi connectivity index (χ2v) is 6.56. The third kappa shape index (κ3) is 3.64. The number of benzene rings is 1. The maximum absolute atomic E-state index is 13.1. The Hall–Kier alpha value is -2.47. The lowest BCUT2D eigenvalue weighted by Gasteiger charge is -2.42. The van der Waals surface area contributed by atoms with Crippen LogP contribution in [0.3, 0.4) is 0 Å². The van der Waals surface area contributed by atoms with E-state index in [2.05, 4.69) is 4.98 Å². The Labute approximate surface area is 147 Å². The number of methoxy groups -OCH3 is 1. The van der Waals surface area contributed by atoms with Crippen LogP contribution in [-0.2, 0) is 9.53 Å². The number of nitrogens with two attached hydrogens (primary N) is 1. The fraction of sp³-hybridized carbons (Fsp3) is 0.421. The molecule has 1 aromatic carbocycles. The summed E-state index contributed by atoms with van der Waals surface area (Å²) in [5.74, 6) is -0.400. The predicted octanol–water partition coefficient (Wildman–Crippen LogP) is 2.12. The van der Waals surface area contributed by atoms with Crippen LogP contribution in [0.25, 0.3) is 10.9 Å². The van der Waals surface area contributed by atoms with Gasteiger partial charge in [-0.2, -0.15) is 0 Å². The molecule has 0 bridgehead atoms. The van der Waals surface area contributed by atoms with Crippen molar-refractivity contribution in [3.8, 4) is 0 Å². The van der Waals surface area contributed by atoms with Crippen molar-refractivity contribution in [1.82, 2.24) is 9.88 Å². The third-order valence-electron chi connectivity index (χ3n) is 4.95. The Morgan fingerprint density at radius 2 is 2.12 bits per heavy atom. The molecule has 1 fully saturated rings. The number of pyridine rings is 1. The second kappa shape index (κ2) is 7.19. The largest absolute Gasteiger partial charge is 0.376 e. The first-order valence-corrected chi connectivity index (χ1v) is 8.51. The quantitative estimate of drug-likeness (QED) is 0.902. The monoisotopic (exact) mass is 341 g/mol. The minimum absolute atomic E-state index is 0.0514. The van der Waals surface area contributed by atoms with Crippen LogP contribution in [0, 0.1) is 0 Å². The number of carbonyl (C=O) groups excluding carboxylic acids is 2. The van der Waals surface area contributed by atoms with Crippen molar-refractivity contribution in [3.63, 3.8) is 0 Å². The van der Waals surface area contributed by atoms with Crippen molar-refractivity contribution in [3.05, 3.63) is 42.1 Å². The molecule has 2 aromatic rings. The summed E-state index contributed by atoms with van der Waals surface area (Å²) in [6.45, 7) is 1.13. The Morgan fingerprint density at radius 3 is 2.88 bits per heavy atom. The summed E-state index contributed by atoms with van der Waals surface area (Å²) in [6, 6.07) is 9.43. The number of amides is 2. The predicted molar refractivity (Wildman–Crippen MR) is 95.0 cm³/mol. The van der Waals surface area contributed by atoms with Crippen LogP contribution in [0.5, 0.6) is 0 Å². The van der Waals surface area contributed by atoms with E-state index in [0.29, 0.717) is 30.6 Å². The number of ether oxygens (including phenoxy) is 1. The average molecular weight is 341 g/mol. The van der Waals surface area contributed by atoms with Crippen LogP contribution in [0.15, 0.2) is 36.5 Å². The van der Waals surface area contributed by atoms with Gasteiger partial charge in [0.15, 0.2) is 0 Å². The molecule has 3 rings (SSSR count). The van der Waals surface area contributed by atoms with Crippen LogP contribution < -0.4 is 5.73 Å². The van der Waals surface area contributed by atoms with Crippen molar-refractivity contribution < 1.29 is 14.3 Å². The summed E-state index contributed by atoms with van der Waals surface area (Å²) < 4.78 is 5.72. The van der Waals surface area contributed by atoms with E-state index in [4.69, 9.17) is 10.5 Å². The van der Waals surface area contributed by atoms with E-state index < -0.39 is 5.60 Å². The molecule has 2 N–H and O–H groups in total. The molecule has 0 spiro atoms. The van der Waals surface area contributed by atoms with Gasteiger partial charge in [-0.05, 0) is 31.4 Å². The van der Waals surface area contributed by atoms with E-state index >= 15 is 0 Å². The Morgan fingerprint density at radius 1 is 1.32 bits per heavy atom. The van der Waals surface area contributed by atoms with Gasteiger partial charge in [-0.15, -0.1) is 0 Å². The molecule has 6 heteroatoms. The lowest BCUT2D eigenvalue weighted by Crippen LogP contribution is -2.51. The van der Waals surface area contributed by atoms with E-state index in [1.807, 2.05) is 30.3 Å². The number of rotatable bonds is 5. The van der Waals surface area contributed by atoms with Gasteiger partial charge in [-0.1, -0.05) is 18.2 Å². The van der Waals surface area contributed by atoms with Crippen LogP contribution >= 0.6 is 0 Å². The standard InChI is InChI=1S/C19H23N3O3/c1-25-19(10-8-16(20)23)9-4-12-22(13-19)18(24)15-7-2-5-14-6-3-11-21-17(14)15/h2-3,5-7,11H,4,8-10,12-13H2,1H3,(H2,20,23)/t19-/m0/s1. The normalized spacial score (nSPS) is 20.6. The maximum Gasteiger partial charge on any atom is 0.256 e. The number of hydrogen-bond acceptors (Lipinski definition) is 4. The van der Waals surface area contributed by atoms with Crippen LogP contribution in [0.2, 0.25) is 0 Å². The molecule has 6 nitrogen and oxygen atoms in total. The zero-order valence-electron chi connectivity index (χ0n) is 14.4. The minimum atomic E-state index is -0.513. The van der Waals surface area contributed by atoms with Gasteiger partial charge >= 0.3 is 0 Å². The fourth-order valence-corrected chi connectivity index (χ4v) is 3.54. The van der Waals surface area contributed by atoms with Gasteiger partial charge in [0, 0.05) is 38.2 Å². The highest BCUT2D eigenvalue weighted by Gasteiger charge is 2.37. The highest BCUT2D eigenvalue weighted by Crippen LogP contribution is 2.30. The summed E-state index contributed by atoms with van der Waals surface area (Å²) in [4.78, 5) is 30.4. The van der Waals surface area contributed by atoms with Gasteiger partial charge in [-0.3, -0.25) is 14.6 Å². The Bertz CT molecular complexity index is 787. The SMILES string of the molecule is CO[C@]1(CCC(N)=O)CCCN(C(=O)c2cccc3cccnc23)C1. The van der Waals surface area contributed by atoms with Crippen LogP contribution in [0.1, 0.15) is 36.0 Å². The molecule has 2 heterocycles. The van der Waals surface area contributed by atoms with Gasteiger partial charge < -0.3 is 15.4 Å². The Balaban J connectivity index is 1.85. The lowest BCUT2D eigenvalue weighted by atomic mass is 9.87. The smallest absolute Gasteiger partial charge is 0.256 e. The van der Waals surface area contributed by atoms with Crippen molar-refractivity contribution in [2.75, 3.05) is 20.2 Å². The second-order valence-electron chi connectivity index (χ2n) is 6.56. The number of fused-ring (bicyclic) bond motifs is 1. The molecule has 1 aromatic heterocycles. The molecule has 1 aliphatic rings. The number of likely N-dealkylation sites (tertiary alicyclic amines) is 1. The highest BCUT2D eigenvalue weighted by molar-refractivity contribution is 6.05. The van der Waals surface area contributed by atoms with Crippen molar-refractivity contribution in [2.45, 2.75) is 31.3 Å². The first-order chi connectivity index (χ1) is 12.0. The molecule has 0 aliphatic carbocycles. The van der Waals surface area contributed by atoms with E-state index in [0.717, 1.165) is 18.2 Å². The summed E-state index contributed by atoms with van der Waals surface area (Å²) in [7, 11) is 1.63. The molecule has 1 atom stereocenters. The molecular weight excluding hydrogens is 318 g/mol. The van der Waals surface area contributed by atoms with E-state index in [-0.39, 0.29) is 18.2 Å². The van der Waals surface area contributed by atoms with Gasteiger partial charge in [0.2, 0.25) is 5.91 Å². The lowest BCUT2D eigenvalue weighted by molar-refractivity contribution is -0.120. The molecule has 0 saturated carbocycles. The van der Waals surface area contributed by atoms with Crippen molar-refractivity contribution >= 4 is 22.7 Å². The number of piperidine rings is 1. The summed E-state index contributed by atoms with van der Waals surface area (Å²) in [5, 5.41) is 0.942. The first kappa shape index (κ1) is 17.4. The van der Waals surface area contributed by atoms with Gasteiger partial charge in [0.1, 0.15) is 0 Å². The average Bonchev–Trinajstić information content (AvgIpc) is 2.65. The molecule has 0 unspecified atom stereocenters. The number of para-hydroxylation sites is 1. The van der Waals surface area contributed by atoms with Crippen LogP contribution in [-0.4, -0.2) is 47.5 Å². The van der Waals surface area contributed by atoms with Crippen molar-refractivity contribution in [1.29, 1.82) is 0 Å².